The number of aryl methyl sites for hydroxylation is 2. The number of hydrogen-bond acceptors (Lipinski definition) is 1. The first-order chi connectivity index (χ1) is 7.35. The van der Waals surface area contributed by atoms with Crippen molar-refractivity contribution < 1.29 is 8.78 Å². The summed E-state index contributed by atoms with van der Waals surface area (Å²) in [5.41, 5.74) is 6.66. The van der Waals surface area contributed by atoms with Gasteiger partial charge in [0.25, 0.3) is 0 Å². The first kappa shape index (κ1) is 13.1. The van der Waals surface area contributed by atoms with Crippen LogP contribution in [-0.4, -0.2) is 6.54 Å². The van der Waals surface area contributed by atoms with E-state index in [-0.39, 0.29) is 5.41 Å². The van der Waals surface area contributed by atoms with Crippen LogP contribution in [0.4, 0.5) is 8.78 Å². The molecule has 16 heavy (non-hydrogen) atoms. The highest BCUT2D eigenvalue weighted by Gasteiger charge is 2.17. The summed E-state index contributed by atoms with van der Waals surface area (Å²) in [5.74, 6) is -0.949. The molecule has 0 spiro atoms. The topological polar surface area (TPSA) is 26.0 Å². The molecule has 0 heterocycles. The van der Waals surface area contributed by atoms with Crippen molar-refractivity contribution in [2.75, 3.05) is 6.54 Å². The predicted octanol–water partition coefficient (Wildman–Crippen LogP) is 3.19. The second kappa shape index (κ2) is 4.91. The lowest BCUT2D eigenvalue weighted by molar-refractivity contribution is 0.345. The lowest BCUT2D eigenvalue weighted by Gasteiger charge is -2.22. The van der Waals surface area contributed by atoms with Crippen molar-refractivity contribution in [1.82, 2.24) is 0 Å². The summed E-state index contributed by atoms with van der Waals surface area (Å²) in [6.07, 6.45) is 1.39. The Kier molecular flexibility index (Phi) is 4.03. The Hall–Kier alpha value is -0.960. The summed E-state index contributed by atoms with van der Waals surface area (Å²) in [6.45, 7) is 6.30. The summed E-state index contributed by atoms with van der Waals surface area (Å²) >= 11 is 0. The zero-order chi connectivity index (χ0) is 12.3. The maximum atomic E-state index is 13.4. The fourth-order valence-electron chi connectivity index (χ4n) is 1.48. The van der Waals surface area contributed by atoms with Gasteiger partial charge in [0.2, 0.25) is 0 Å². The number of benzene rings is 1. The smallest absolute Gasteiger partial charge is 0.129 e. The Labute approximate surface area is 95.7 Å². The van der Waals surface area contributed by atoms with Crippen LogP contribution in [0.5, 0.6) is 0 Å². The highest BCUT2D eigenvalue weighted by molar-refractivity contribution is 5.25. The van der Waals surface area contributed by atoms with E-state index in [9.17, 15) is 8.78 Å². The van der Waals surface area contributed by atoms with Crippen molar-refractivity contribution in [2.24, 2.45) is 11.1 Å². The minimum absolute atomic E-state index is 0.00523. The zero-order valence-corrected chi connectivity index (χ0v) is 10.1. The standard InChI is InChI=1S/C13H19F2N/c1-9-6-10(12(15)7-11(9)14)4-5-13(2,3)8-16/h6-7H,4-5,8,16H2,1-3H3. The molecule has 90 valence electrons. The fraction of sp³-hybridized carbons (Fsp3) is 0.538. The van der Waals surface area contributed by atoms with Crippen molar-refractivity contribution in [3.8, 4) is 0 Å². The molecule has 1 aromatic rings. The van der Waals surface area contributed by atoms with Gasteiger partial charge < -0.3 is 5.73 Å². The van der Waals surface area contributed by atoms with Crippen LogP contribution in [0.3, 0.4) is 0 Å². The Morgan fingerprint density at radius 2 is 1.81 bits per heavy atom. The maximum absolute atomic E-state index is 13.4. The molecule has 2 N–H and O–H groups in total. The Morgan fingerprint density at radius 1 is 1.19 bits per heavy atom. The second-order valence-electron chi connectivity index (χ2n) is 5.06. The van der Waals surface area contributed by atoms with E-state index < -0.39 is 11.6 Å². The molecule has 0 bridgehead atoms. The van der Waals surface area contributed by atoms with E-state index in [1.54, 1.807) is 13.0 Å². The predicted molar refractivity (Wildman–Crippen MR) is 62.3 cm³/mol. The Balaban J connectivity index is 2.79. The Morgan fingerprint density at radius 3 is 2.38 bits per heavy atom. The molecule has 0 atom stereocenters. The van der Waals surface area contributed by atoms with Crippen LogP contribution < -0.4 is 5.73 Å². The third-order valence-corrected chi connectivity index (χ3v) is 2.95. The number of nitrogens with two attached hydrogens (primary N) is 1. The van der Waals surface area contributed by atoms with E-state index in [0.717, 1.165) is 12.5 Å². The first-order valence-electron chi connectivity index (χ1n) is 5.50. The molecule has 0 aromatic heterocycles. The van der Waals surface area contributed by atoms with Crippen LogP contribution in [-0.2, 0) is 6.42 Å². The molecule has 0 aliphatic heterocycles. The normalized spacial score (nSPS) is 11.9. The van der Waals surface area contributed by atoms with Crippen molar-refractivity contribution in [1.29, 1.82) is 0 Å². The van der Waals surface area contributed by atoms with E-state index in [1.165, 1.54) is 0 Å². The molecular formula is C13H19F2N. The van der Waals surface area contributed by atoms with Gasteiger partial charge in [-0.1, -0.05) is 19.9 Å². The van der Waals surface area contributed by atoms with Crippen LogP contribution in [0.25, 0.3) is 0 Å². The van der Waals surface area contributed by atoms with Crippen LogP contribution in [0.2, 0.25) is 0 Å². The molecule has 0 saturated carbocycles. The van der Waals surface area contributed by atoms with Crippen molar-refractivity contribution in [3.05, 3.63) is 34.9 Å². The molecule has 0 amide bonds. The van der Waals surface area contributed by atoms with Gasteiger partial charge >= 0.3 is 0 Å². The molecule has 0 unspecified atom stereocenters. The van der Waals surface area contributed by atoms with Gasteiger partial charge in [-0.15, -0.1) is 0 Å². The third-order valence-electron chi connectivity index (χ3n) is 2.95. The first-order valence-corrected chi connectivity index (χ1v) is 5.50. The van der Waals surface area contributed by atoms with Crippen molar-refractivity contribution in [2.45, 2.75) is 33.6 Å². The van der Waals surface area contributed by atoms with Crippen molar-refractivity contribution >= 4 is 0 Å². The van der Waals surface area contributed by atoms with Crippen LogP contribution in [0.1, 0.15) is 31.4 Å². The quantitative estimate of drug-likeness (QED) is 0.840. The minimum atomic E-state index is -0.487. The van der Waals surface area contributed by atoms with Gasteiger partial charge in [-0.05, 0) is 42.9 Å². The summed E-state index contributed by atoms with van der Waals surface area (Å²) in [7, 11) is 0. The molecule has 3 heteroatoms. The molecule has 1 nitrogen and oxygen atoms in total. The molecule has 1 aromatic carbocycles. The van der Waals surface area contributed by atoms with Gasteiger partial charge in [0.15, 0.2) is 0 Å². The van der Waals surface area contributed by atoms with E-state index >= 15 is 0 Å². The van der Waals surface area contributed by atoms with Gasteiger partial charge in [0, 0.05) is 6.07 Å². The monoisotopic (exact) mass is 227 g/mol. The van der Waals surface area contributed by atoms with E-state index in [4.69, 9.17) is 5.73 Å². The van der Waals surface area contributed by atoms with E-state index in [2.05, 4.69) is 0 Å². The molecule has 0 fully saturated rings. The van der Waals surface area contributed by atoms with Crippen LogP contribution in [0, 0.1) is 24.0 Å². The van der Waals surface area contributed by atoms with Gasteiger partial charge in [0.1, 0.15) is 11.6 Å². The van der Waals surface area contributed by atoms with Gasteiger partial charge in [0.05, 0.1) is 0 Å². The highest BCUT2D eigenvalue weighted by atomic mass is 19.1. The zero-order valence-electron chi connectivity index (χ0n) is 10.1. The SMILES string of the molecule is Cc1cc(CCC(C)(C)CN)c(F)cc1F. The summed E-state index contributed by atoms with van der Waals surface area (Å²) < 4.78 is 26.5. The lowest BCUT2D eigenvalue weighted by atomic mass is 9.86. The van der Waals surface area contributed by atoms with E-state index in [1.807, 2.05) is 13.8 Å². The molecule has 0 radical (unpaired) electrons. The number of halogens is 2. The Bertz CT molecular complexity index is 372. The summed E-state index contributed by atoms with van der Waals surface area (Å²) in [5, 5.41) is 0. The van der Waals surface area contributed by atoms with Crippen molar-refractivity contribution in [3.63, 3.8) is 0 Å². The molecule has 0 saturated heterocycles. The van der Waals surface area contributed by atoms with Crippen LogP contribution in [0.15, 0.2) is 12.1 Å². The van der Waals surface area contributed by atoms with E-state index in [0.29, 0.717) is 24.1 Å². The second-order valence-corrected chi connectivity index (χ2v) is 5.06. The third kappa shape index (κ3) is 3.27. The minimum Gasteiger partial charge on any atom is -0.330 e. The molecule has 0 aliphatic rings. The van der Waals surface area contributed by atoms with Crippen LogP contribution >= 0.6 is 0 Å². The largest absolute Gasteiger partial charge is 0.330 e. The number of hydrogen-bond donors (Lipinski definition) is 1. The average Bonchev–Trinajstić information content (AvgIpc) is 2.22. The lowest BCUT2D eigenvalue weighted by Crippen LogP contribution is -2.24. The van der Waals surface area contributed by atoms with Gasteiger partial charge in [-0.25, -0.2) is 8.78 Å². The summed E-state index contributed by atoms with van der Waals surface area (Å²) in [6, 6.07) is 2.54. The van der Waals surface area contributed by atoms with Gasteiger partial charge in [-0.2, -0.15) is 0 Å². The number of rotatable bonds is 4. The molecule has 1 rings (SSSR count). The summed E-state index contributed by atoms with van der Waals surface area (Å²) in [4.78, 5) is 0. The highest BCUT2D eigenvalue weighted by Crippen LogP contribution is 2.23. The van der Waals surface area contributed by atoms with Gasteiger partial charge in [-0.3, -0.25) is 0 Å². The molecule has 0 aliphatic carbocycles. The molecular weight excluding hydrogens is 208 g/mol. The average molecular weight is 227 g/mol. The maximum Gasteiger partial charge on any atom is 0.129 e. The fourth-order valence-corrected chi connectivity index (χ4v) is 1.48.